The lowest BCUT2D eigenvalue weighted by Crippen LogP contribution is -2.41. The van der Waals surface area contributed by atoms with Crippen LogP contribution in [0.5, 0.6) is 11.5 Å². The molecular formula is C29H34N2O5S. The number of aryl methyl sites for hydroxylation is 1. The third-order valence-electron chi connectivity index (χ3n) is 6.56. The number of piperidine rings is 1. The monoisotopic (exact) mass is 522 g/mol. The topological polar surface area (TPSA) is 84.9 Å². The Kier molecular flexibility index (Phi) is 8.71. The minimum atomic E-state index is -3.78. The maximum absolute atomic E-state index is 12.8. The summed E-state index contributed by atoms with van der Waals surface area (Å²) in [5, 5.41) is 0. The van der Waals surface area contributed by atoms with Crippen LogP contribution in [0, 0.1) is 12.8 Å². The van der Waals surface area contributed by atoms with Crippen LogP contribution in [0.15, 0.2) is 77.7 Å². The number of likely N-dealkylation sites (tertiary alicyclic amines) is 1. The Balaban J connectivity index is 1.28. The predicted octanol–water partition coefficient (Wildman–Crippen LogP) is 5.05. The molecule has 0 aliphatic carbocycles. The standard InChI is InChI=1S/C29H34N2O5S/c1-3-35-26-11-9-25(10-12-26)30-37(33,34)27-13-14-28(22(2)19-27)36-21-29(32)31-17-15-24(16-18-31)20-23-7-5-4-6-8-23/h4-14,19,24,30H,3,15-18,20-21H2,1-2H3. The van der Waals surface area contributed by atoms with Crippen molar-refractivity contribution in [2.45, 2.75) is 38.0 Å². The number of ether oxygens (including phenoxy) is 2. The molecule has 1 heterocycles. The van der Waals surface area contributed by atoms with Crippen LogP contribution in [-0.4, -0.2) is 45.5 Å². The molecule has 1 aliphatic heterocycles. The third kappa shape index (κ3) is 7.26. The first-order valence-corrected chi connectivity index (χ1v) is 14.1. The molecule has 1 N–H and O–H groups in total. The van der Waals surface area contributed by atoms with E-state index in [9.17, 15) is 13.2 Å². The number of benzene rings is 3. The first-order valence-electron chi connectivity index (χ1n) is 12.6. The molecule has 4 rings (SSSR count). The Labute approximate surface area is 219 Å². The maximum Gasteiger partial charge on any atom is 0.261 e. The Morgan fingerprint density at radius 2 is 1.68 bits per heavy atom. The summed E-state index contributed by atoms with van der Waals surface area (Å²) in [5.41, 5.74) is 2.43. The zero-order valence-corrected chi connectivity index (χ0v) is 22.2. The van der Waals surface area contributed by atoms with Crippen LogP contribution in [0.4, 0.5) is 5.69 Å². The molecule has 0 spiro atoms. The van der Waals surface area contributed by atoms with Gasteiger partial charge in [-0.25, -0.2) is 8.42 Å². The Bertz CT molecular complexity index is 1290. The van der Waals surface area contributed by atoms with Crippen molar-refractivity contribution in [2.75, 3.05) is 31.0 Å². The van der Waals surface area contributed by atoms with Crippen LogP contribution in [0.1, 0.15) is 30.9 Å². The molecule has 1 aliphatic rings. The number of carbonyl (C=O) groups is 1. The average Bonchev–Trinajstić information content (AvgIpc) is 2.90. The summed E-state index contributed by atoms with van der Waals surface area (Å²) in [6.45, 7) is 5.58. The van der Waals surface area contributed by atoms with Gasteiger partial charge >= 0.3 is 0 Å². The quantitative estimate of drug-likeness (QED) is 0.403. The molecule has 0 unspecified atom stereocenters. The SMILES string of the molecule is CCOc1ccc(NS(=O)(=O)c2ccc(OCC(=O)N3CCC(Cc4ccccc4)CC3)c(C)c2)cc1. The van der Waals surface area contributed by atoms with Gasteiger partial charge in [0.05, 0.1) is 11.5 Å². The second-order valence-corrected chi connectivity index (χ2v) is 11.0. The van der Waals surface area contributed by atoms with Crippen molar-refractivity contribution >= 4 is 21.6 Å². The van der Waals surface area contributed by atoms with Gasteiger partial charge in [0, 0.05) is 18.8 Å². The summed E-state index contributed by atoms with van der Waals surface area (Å²) in [6.07, 6.45) is 3.00. The van der Waals surface area contributed by atoms with Crippen LogP contribution in [-0.2, 0) is 21.2 Å². The molecule has 7 nitrogen and oxygen atoms in total. The van der Waals surface area contributed by atoms with Gasteiger partial charge in [0.1, 0.15) is 11.5 Å². The first-order chi connectivity index (χ1) is 17.8. The first kappa shape index (κ1) is 26.5. The highest BCUT2D eigenvalue weighted by Crippen LogP contribution is 2.25. The van der Waals surface area contributed by atoms with E-state index in [1.807, 2.05) is 17.9 Å². The van der Waals surface area contributed by atoms with E-state index in [1.54, 1.807) is 43.3 Å². The van der Waals surface area contributed by atoms with Crippen molar-refractivity contribution in [3.63, 3.8) is 0 Å². The summed E-state index contributed by atoms with van der Waals surface area (Å²) < 4.78 is 39.4. The molecule has 0 bridgehead atoms. The molecule has 1 saturated heterocycles. The highest BCUT2D eigenvalue weighted by atomic mass is 32.2. The number of nitrogens with one attached hydrogen (secondary N) is 1. The van der Waals surface area contributed by atoms with Gasteiger partial charge in [0.2, 0.25) is 0 Å². The van der Waals surface area contributed by atoms with Gasteiger partial charge in [0.15, 0.2) is 6.61 Å². The van der Waals surface area contributed by atoms with Crippen molar-refractivity contribution in [1.82, 2.24) is 4.90 Å². The number of hydrogen-bond donors (Lipinski definition) is 1. The largest absolute Gasteiger partial charge is 0.494 e. The zero-order chi connectivity index (χ0) is 26.3. The van der Waals surface area contributed by atoms with Crippen LogP contribution in [0.25, 0.3) is 0 Å². The van der Waals surface area contributed by atoms with Crippen LogP contribution < -0.4 is 14.2 Å². The van der Waals surface area contributed by atoms with Crippen LogP contribution in [0.3, 0.4) is 0 Å². The van der Waals surface area contributed by atoms with Crippen LogP contribution >= 0.6 is 0 Å². The fourth-order valence-corrected chi connectivity index (χ4v) is 5.66. The third-order valence-corrected chi connectivity index (χ3v) is 7.94. The van der Waals surface area contributed by atoms with E-state index in [0.29, 0.717) is 35.3 Å². The van der Waals surface area contributed by atoms with Gasteiger partial charge in [-0.2, -0.15) is 0 Å². The number of amides is 1. The molecule has 0 atom stereocenters. The highest BCUT2D eigenvalue weighted by molar-refractivity contribution is 7.92. The fraction of sp³-hybridized carbons (Fsp3) is 0.345. The van der Waals surface area contributed by atoms with Crippen molar-refractivity contribution in [2.24, 2.45) is 5.92 Å². The number of hydrogen-bond acceptors (Lipinski definition) is 5. The number of rotatable bonds is 10. The average molecular weight is 523 g/mol. The van der Waals surface area contributed by atoms with Crippen molar-refractivity contribution in [3.8, 4) is 11.5 Å². The summed E-state index contributed by atoms with van der Waals surface area (Å²) in [7, 11) is -3.78. The zero-order valence-electron chi connectivity index (χ0n) is 21.4. The number of carbonyl (C=O) groups excluding carboxylic acids is 1. The summed E-state index contributed by atoms with van der Waals surface area (Å²) in [5.74, 6) is 1.70. The molecule has 1 fully saturated rings. The molecule has 3 aromatic rings. The lowest BCUT2D eigenvalue weighted by molar-refractivity contribution is -0.134. The van der Waals surface area contributed by atoms with Gasteiger partial charge in [-0.3, -0.25) is 9.52 Å². The van der Waals surface area contributed by atoms with Gasteiger partial charge in [-0.15, -0.1) is 0 Å². The molecular weight excluding hydrogens is 488 g/mol. The normalized spacial score (nSPS) is 14.3. The van der Waals surface area contributed by atoms with E-state index in [0.717, 1.165) is 32.4 Å². The van der Waals surface area contributed by atoms with Gasteiger partial charge < -0.3 is 14.4 Å². The molecule has 8 heteroatoms. The molecule has 37 heavy (non-hydrogen) atoms. The van der Waals surface area contributed by atoms with Gasteiger partial charge in [-0.1, -0.05) is 30.3 Å². The van der Waals surface area contributed by atoms with E-state index < -0.39 is 10.0 Å². The second-order valence-electron chi connectivity index (χ2n) is 9.29. The molecule has 196 valence electrons. The molecule has 0 aromatic heterocycles. The molecule has 3 aromatic carbocycles. The molecule has 0 saturated carbocycles. The molecule has 1 amide bonds. The summed E-state index contributed by atoms with van der Waals surface area (Å²) in [4.78, 5) is 14.7. The second kappa shape index (κ2) is 12.1. The summed E-state index contributed by atoms with van der Waals surface area (Å²) >= 11 is 0. The highest BCUT2D eigenvalue weighted by Gasteiger charge is 2.23. The maximum atomic E-state index is 12.8. The van der Waals surface area contributed by atoms with Gasteiger partial charge in [-0.05, 0) is 92.6 Å². The Morgan fingerprint density at radius 3 is 2.32 bits per heavy atom. The van der Waals surface area contributed by atoms with Crippen LogP contribution in [0.2, 0.25) is 0 Å². The number of nitrogens with zero attached hydrogens (tertiary/aromatic N) is 1. The predicted molar refractivity (Wildman–Crippen MR) is 145 cm³/mol. The van der Waals surface area contributed by atoms with E-state index in [4.69, 9.17) is 9.47 Å². The Hall–Kier alpha value is -3.52. The van der Waals surface area contributed by atoms with E-state index >= 15 is 0 Å². The van der Waals surface area contributed by atoms with Crippen molar-refractivity contribution < 1.29 is 22.7 Å². The minimum Gasteiger partial charge on any atom is -0.494 e. The van der Waals surface area contributed by atoms with Crippen molar-refractivity contribution in [1.29, 1.82) is 0 Å². The fourth-order valence-electron chi connectivity index (χ4n) is 4.52. The van der Waals surface area contributed by atoms with E-state index in [2.05, 4.69) is 29.0 Å². The smallest absolute Gasteiger partial charge is 0.261 e. The lowest BCUT2D eigenvalue weighted by Gasteiger charge is -2.32. The molecule has 0 radical (unpaired) electrons. The van der Waals surface area contributed by atoms with Crippen molar-refractivity contribution in [3.05, 3.63) is 83.9 Å². The van der Waals surface area contributed by atoms with E-state index in [1.165, 1.54) is 11.6 Å². The minimum absolute atomic E-state index is 0.0496. The van der Waals surface area contributed by atoms with Gasteiger partial charge in [0.25, 0.3) is 15.9 Å². The summed E-state index contributed by atoms with van der Waals surface area (Å²) in [6, 6.07) is 21.8. The number of anilines is 1. The lowest BCUT2D eigenvalue weighted by atomic mass is 9.90. The Morgan fingerprint density at radius 1 is 0.973 bits per heavy atom. The van der Waals surface area contributed by atoms with E-state index in [-0.39, 0.29) is 17.4 Å². The number of sulfonamides is 1.